The maximum absolute atomic E-state index is 2.39. The lowest BCUT2D eigenvalue weighted by atomic mass is 10.1. The molecule has 0 saturated carbocycles. The van der Waals surface area contributed by atoms with E-state index in [4.69, 9.17) is 0 Å². The normalized spacial score (nSPS) is 10.6. The first kappa shape index (κ1) is 26.6. The maximum atomic E-state index is 2.39. The van der Waals surface area contributed by atoms with Crippen molar-refractivity contribution in [3.8, 4) is 0 Å². The molecule has 0 aliphatic carbocycles. The van der Waals surface area contributed by atoms with Crippen molar-refractivity contribution >= 4 is 45.2 Å². The molecule has 0 N–H and O–H groups in total. The maximum Gasteiger partial charge on any atom is 0.166 e. The fraction of sp³-hybridized carbons (Fsp3) is 0.0909. The third-order valence-corrected chi connectivity index (χ3v) is 10.5. The summed E-state index contributed by atoms with van der Waals surface area (Å²) in [6, 6.07) is 45.5. The van der Waals surface area contributed by atoms with E-state index in [-0.39, 0.29) is 10.9 Å². The van der Waals surface area contributed by atoms with Gasteiger partial charge in [0.05, 0.1) is 10.9 Å². The molecule has 0 aliphatic heterocycles. The Hall–Kier alpha value is -2.47. The Bertz CT molecular complexity index is 1300. The monoisotopic (exact) mass is 617 g/mol. The molecule has 36 heavy (non-hydrogen) atoms. The summed E-state index contributed by atoms with van der Waals surface area (Å²) < 4.78 is 1.39. The van der Waals surface area contributed by atoms with Gasteiger partial charge in [0, 0.05) is 13.4 Å². The molecular weight excluding hydrogens is 587 g/mol. The molecule has 0 radical (unpaired) electrons. The second-order valence-corrected chi connectivity index (χ2v) is 12.8. The fourth-order valence-corrected chi connectivity index (χ4v) is 7.18. The molecule has 0 unspecified atom stereocenters. The lowest BCUT2D eigenvalue weighted by Gasteiger charge is -2.08. The summed E-state index contributed by atoms with van der Waals surface area (Å²) in [7, 11) is -0.0786. The number of benzene rings is 5. The van der Waals surface area contributed by atoms with Crippen molar-refractivity contribution < 1.29 is 0 Å². The van der Waals surface area contributed by atoms with E-state index in [1.165, 1.54) is 44.7 Å². The number of aryl methyl sites for hydroxylation is 3. The van der Waals surface area contributed by atoms with Gasteiger partial charge in [-0.15, -0.1) is 0 Å². The quantitative estimate of drug-likeness (QED) is 0.140. The first-order valence-electron chi connectivity index (χ1n) is 11.9. The highest BCUT2D eigenvalue weighted by atomic mass is 127. The van der Waals surface area contributed by atoms with E-state index < -0.39 is 0 Å². The van der Waals surface area contributed by atoms with Gasteiger partial charge in [-0.3, -0.25) is 0 Å². The van der Waals surface area contributed by atoms with Crippen molar-refractivity contribution in [2.75, 3.05) is 0 Å². The van der Waals surface area contributed by atoms with Crippen LogP contribution >= 0.6 is 34.4 Å². The van der Waals surface area contributed by atoms with E-state index in [2.05, 4.69) is 171 Å². The largest absolute Gasteiger partial charge is 0.166 e. The first-order valence-corrected chi connectivity index (χ1v) is 15.0. The molecule has 0 bridgehead atoms. The molecule has 0 heterocycles. The van der Waals surface area contributed by atoms with Crippen molar-refractivity contribution in [3.63, 3.8) is 0 Å². The first-order chi connectivity index (χ1) is 17.5. The third-order valence-electron chi connectivity index (χ3n) is 5.58. The average molecular weight is 618 g/mol. The van der Waals surface area contributed by atoms with Gasteiger partial charge in [-0.2, -0.15) is 0 Å². The van der Waals surface area contributed by atoms with Crippen LogP contribution in [0, 0.1) is 24.3 Å². The van der Waals surface area contributed by atoms with Crippen molar-refractivity contribution in [1.29, 1.82) is 0 Å². The Balaban J connectivity index is 0.000000256. The summed E-state index contributed by atoms with van der Waals surface area (Å²) in [5.74, 6) is 0. The van der Waals surface area contributed by atoms with Crippen molar-refractivity contribution in [1.82, 2.24) is 0 Å². The van der Waals surface area contributed by atoms with Crippen molar-refractivity contribution in [2.24, 2.45) is 0 Å². The molecule has 0 nitrogen and oxygen atoms in total. The number of rotatable bonds is 5. The van der Waals surface area contributed by atoms with E-state index in [0.29, 0.717) is 0 Å². The van der Waals surface area contributed by atoms with Crippen LogP contribution in [-0.4, -0.2) is 0 Å². The van der Waals surface area contributed by atoms with Crippen LogP contribution in [0.2, 0.25) is 0 Å². The van der Waals surface area contributed by atoms with Crippen molar-refractivity contribution in [2.45, 2.75) is 45.2 Å². The molecule has 0 spiro atoms. The Labute approximate surface area is 236 Å². The SMILES string of the molecule is Cc1cc(C)c(I)c(C)c1.c1ccc(Sc2ccc([S+](c3ccccc3)c3ccccc3)cc2)cc1. The fourth-order valence-electron chi connectivity index (χ4n) is 3.95. The second kappa shape index (κ2) is 13.2. The van der Waals surface area contributed by atoms with Crippen LogP contribution in [-0.2, 0) is 10.9 Å². The molecule has 0 amide bonds. The van der Waals surface area contributed by atoms with Gasteiger partial charge in [0.2, 0.25) is 0 Å². The van der Waals surface area contributed by atoms with Crippen LogP contribution in [0.25, 0.3) is 0 Å². The third kappa shape index (κ3) is 7.28. The van der Waals surface area contributed by atoms with E-state index in [1.54, 1.807) is 11.8 Å². The summed E-state index contributed by atoms with van der Waals surface area (Å²) in [6.45, 7) is 6.44. The minimum atomic E-state index is -0.0786. The van der Waals surface area contributed by atoms with E-state index in [9.17, 15) is 0 Å². The Morgan fingerprint density at radius 1 is 0.500 bits per heavy atom. The highest BCUT2D eigenvalue weighted by Crippen LogP contribution is 2.33. The summed E-state index contributed by atoms with van der Waals surface area (Å²) in [6.07, 6.45) is 0. The smallest absolute Gasteiger partial charge is 0.0901 e. The van der Waals surface area contributed by atoms with Gasteiger partial charge in [-0.05, 0) is 115 Å². The summed E-state index contributed by atoms with van der Waals surface area (Å²) >= 11 is 4.19. The van der Waals surface area contributed by atoms with Crippen LogP contribution in [0.3, 0.4) is 0 Å². The predicted octanol–water partition coefficient (Wildman–Crippen LogP) is 10.1. The van der Waals surface area contributed by atoms with Gasteiger partial charge in [-0.25, -0.2) is 0 Å². The topological polar surface area (TPSA) is 0 Å². The van der Waals surface area contributed by atoms with Crippen LogP contribution in [0.5, 0.6) is 0 Å². The van der Waals surface area contributed by atoms with Gasteiger partial charge >= 0.3 is 0 Å². The highest BCUT2D eigenvalue weighted by molar-refractivity contribution is 14.1. The van der Waals surface area contributed by atoms with Crippen molar-refractivity contribution in [3.05, 3.63) is 148 Å². The molecule has 0 atom stereocenters. The highest BCUT2D eigenvalue weighted by Gasteiger charge is 2.28. The van der Waals surface area contributed by atoms with Crippen LogP contribution < -0.4 is 0 Å². The summed E-state index contributed by atoms with van der Waals surface area (Å²) in [5, 5.41) is 0. The zero-order valence-electron chi connectivity index (χ0n) is 20.8. The lowest BCUT2D eigenvalue weighted by Crippen LogP contribution is -2.04. The second-order valence-electron chi connectivity index (χ2n) is 8.53. The number of halogens is 1. The van der Waals surface area contributed by atoms with E-state index in [0.717, 1.165) is 0 Å². The van der Waals surface area contributed by atoms with E-state index in [1.807, 2.05) is 0 Å². The zero-order valence-corrected chi connectivity index (χ0v) is 24.6. The molecule has 0 aromatic heterocycles. The summed E-state index contributed by atoms with van der Waals surface area (Å²) in [4.78, 5) is 6.58. The Morgan fingerprint density at radius 3 is 1.36 bits per heavy atom. The van der Waals surface area contributed by atoms with Gasteiger partial charge in [0.15, 0.2) is 14.7 Å². The molecule has 0 saturated heterocycles. The lowest BCUT2D eigenvalue weighted by molar-refractivity contribution is 1.28. The summed E-state index contributed by atoms with van der Waals surface area (Å²) in [5.41, 5.74) is 4.13. The van der Waals surface area contributed by atoms with Crippen LogP contribution in [0.15, 0.2) is 152 Å². The number of hydrogen-bond acceptors (Lipinski definition) is 1. The van der Waals surface area contributed by atoms with Gasteiger partial charge < -0.3 is 0 Å². The molecule has 5 aromatic carbocycles. The van der Waals surface area contributed by atoms with Crippen LogP contribution in [0.1, 0.15) is 16.7 Å². The van der Waals surface area contributed by atoms with E-state index >= 15 is 0 Å². The Morgan fingerprint density at radius 2 is 0.889 bits per heavy atom. The number of hydrogen-bond donors (Lipinski definition) is 0. The molecule has 0 fully saturated rings. The average Bonchev–Trinajstić information content (AvgIpc) is 2.91. The molecular formula is C33H30IS2+. The van der Waals surface area contributed by atoms with Crippen LogP contribution in [0.4, 0.5) is 0 Å². The Kier molecular flexibility index (Phi) is 9.74. The van der Waals surface area contributed by atoms with Gasteiger partial charge in [0.25, 0.3) is 0 Å². The molecule has 3 heteroatoms. The molecule has 5 aromatic rings. The van der Waals surface area contributed by atoms with Gasteiger partial charge in [0.1, 0.15) is 0 Å². The molecule has 180 valence electrons. The minimum absolute atomic E-state index is 0.0786. The zero-order chi connectivity index (χ0) is 25.3. The minimum Gasteiger partial charge on any atom is -0.0901 e. The molecule has 5 rings (SSSR count). The predicted molar refractivity (Wildman–Crippen MR) is 165 cm³/mol. The molecule has 0 aliphatic rings. The van der Waals surface area contributed by atoms with Gasteiger partial charge in [-0.1, -0.05) is 84.1 Å². The standard InChI is InChI=1S/C24H19S2.C9H11I/c1-4-10-20(11-5-1)25-21-16-18-24(19-17-21)26(22-12-6-2-7-13-22)23-14-8-3-9-15-23;1-6-4-7(2)9(10)8(3)5-6/h1-19H;4-5H,1-3H3/q+1;.